The number of fused-ring (bicyclic) bond motifs is 3. The first-order valence-corrected chi connectivity index (χ1v) is 6.75. The Hall–Kier alpha value is -1.48. The normalized spacial score (nSPS) is 18.9. The smallest absolute Gasteiger partial charge is 0.119 e. The number of aromatic amines is 1. The number of methoxy groups -OCH3 is 1. The van der Waals surface area contributed by atoms with E-state index in [1.807, 2.05) is 6.07 Å². The van der Waals surface area contributed by atoms with Crippen molar-refractivity contribution in [1.82, 2.24) is 10.3 Å². The van der Waals surface area contributed by atoms with Crippen LogP contribution < -0.4 is 10.1 Å². The lowest BCUT2D eigenvalue weighted by Crippen LogP contribution is -2.29. The average Bonchev–Trinajstić information content (AvgIpc) is 2.78. The summed E-state index contributed by atoms with van der Waals surface area (Å²) in [5.74, 6) is 0.940. The van der Waals surface area contributed by atoms with Crippen molar-refractivity contribution in [2.45, 2.75) is 32.2 Å². The van der Waals surface area contributed by atoms with Crippen LogP contribution >= 0.6 is 0 Å². The van der Waals surface area contributed by atoms with E-state index in [1.165, 1.54) is 35.0 Å². The van der Waals surface area contributed by atoms with Crippen LogP contribution in [0.3, 0.4) is 0 Å². The van der Waals surface area contributed by atoms with Gasteiger partial charge in [-0.3, -0.25) is 0 Å². The van der Waals surface area contributed by atoms with Crippen molar-refractivity contribution in [1.29, 1.82) is 0 Å². The molecule has 0 spiro atoms. The van der Waals surface area contributed by atoms with Crippen molar-refractivity contribution in [2.75, 3.05) is 13.7 Å². The lowest BCUT2D eigenvalue weighted by molar-refractivity contribution is 0.415. The van der Waals surface area contributed by atoms with Crippen molar-refractivity contribution in [3.8, 4) is 5.75 Å². The van der Waals surface area contributed by atoms with Gasteiger partial charge in [-0.05, 0) is 43.1 Å². The Morgan fingerprint density at radius 2 is 2.28 bits per heavy atom. The van der Waals surface area contributed by atoms with Crippen LogP contribution in [0.2, 0.25) is 0 Å². The number of hydrogen-bond acceptors (Lipinski definition) is 2. The highest BCUT2D eigenvalue weighted by Crippen LogP contribution is 2.33. The molecule has 1 aromatic heterocycles. The minimum atomic E-state index is 0.483. The molecule has 0 saturated heterocycles. The molecular formula is C15H20N2O. The quantitative estimate of drug-likeness (QED) is 0.870. The second-order valence-electron chi connectivity index (χ2n) is 4.97. The molecule has 1 atom stereocenters. The van der Waals surface area contributed by atoms with Crippen LogP contribution in [0.5, 0.6) is 5.75 Å². The number of ether oxygens (including phenoxy) is 1. The summed E-state index contributed by atoms with van der Waals surface area (Å²) in [6.07, 6.45) is 3.50. The molecule has 0 bridgehead atoms. The predicted molar refractivity (Wildman–Crippen MR) is 74.2 cm³/mol. The molecule has 0 saturated carbocycles. The van der Waals surface area contributed by atoms with Gasteiger partial charge in [0.25, 0.3) is 0 Å². The summed E-state index contributed by atoms with van der Waals surface area (Å²) in [5.41, 5.74) is 4.08. The van der Waals surface area contributed by atoms with Crippen LogP contribution in [-0.4, -0.2) is 18.6 Å². The van der Waals surface area contributed by atoms with Gasteiger partial charge in [0, 0.05) is 22.6 Å². The molecular weight excluding hydrogens is 224 g/mol. The monoisotopic (exact) mass is 244 g/mol. The second kappa shape index (κ2) is 4.65. The van der Waals surface area contributed by atoms with Gasteiger partial charge in [0.2, 0.25) is 0 Å². The molecule has 2 heterocycles. The minimum Gasteiger partial charge on any atom is -0.497 e. The molecule has 1 aliphatic rings. The van der Waals surface area contributed by atoms with E-state index >= 15 is 0 Å². The maximum Gasteiger partial charge on any atom is 0.119 e. The fourth-order valence-corrected chi connectivity index (χ4v) is 2.95. The Morgan fingerprint density at radius 3 is 3.06 bits per heavy atom. The molecule has 1 aromatic carbocycles. The van der Waals surface area contributed by atoms with Crippen molar-refractivity contribution < 1.29 is 4.74 Å². The molecule has 0 aliphatic carbocycles. The first-order chi connectivity index (χ1) is 8.83. The number of benzene rings is 1. The maximum atomic E-state index is 5.33. The van der Waals surface area contributed by atoms with Gasteiger partial charge in [-0.15, -0.1) is 0 Å². The van der Waals surface area contributed by atoms with Crippen molar-refractivity contribution >= 4 is 10.9 Å². The van der Waals surface area contributed by atoms with Crippen LogP contribution in [0, 0.1) is 0 Å². The second-order valence-corrected chi connectivity index (χ2v) is 4.97. The molecule has 0 unspecified atom stereocenters. The van der Waals surface area contributed by atoms with Crippen LogP contribution in [0.15, 0.2) is 18.2 Å². The van der Waals surface area contributed by atoms with Gasteiger partial charge in [0.15, 0.2) is 0 Å². The maximum absolute atomic E-state index is 5.33. The zero-order valence-electron chi connectivity index (χ0n) is 11.0. The van der Waals surface area contributed by atoms with E-state index in [0.717, 1.165) is 18.7 Å². The Balaban J connectivity index is 2.12. The van der Waals surface area contributed by atoms with Gasteiger partial charge in [-0.1, -0.05) is 13.3 Å². The highest BCUT2D eigenvalue weighted by Gasteiger charge is 2.23. The van der Waals surface area contributed by atoms with E-state index in [2.05, 4.69) is 29.4 Å². The summed E-state index contributed by atoms with van der Waals surface area (Å²) in [7, 11) is 1.72. The number of nitrogens with one attached hydrogen (secondary N) is 2. The summed E-state index contributed by atoms with van der Waals surface area (Å²) in [4.78, 5) is 3.58. The average molecular weight is 244 g/mol. The summed E-state index contributed by atoms with van der Waals surface area (Å²) in [6, 6.07) is 6.78. The van der Waals surface area contributed by atoms with Crippen LogP contribution in [0.4, 0.5) is 0 Å². The zero-order valence-corrected chi connectivity index (χ0v) is 11.0. The Bertz CT molecular complexity index is 559. The highest BCUT2D eigenvalue weighted by atomic mass is 16.5. The molecule has 0 radical (unpaired) electrons. The Kier molecular flexibility index (Phi) is 3.00. The van der Waals surface area contributed by atoms with Crippen molar-refractivity contribution in [3.63, 3.8) is 0 Å². The summed E-state index contributed by atoms with van der Waals surface area (Å²) >= 11 is 0. The molecule has 3 heteroatoms. The first kappa shape index (κ1) is 11.6. The summed E-state index contributed by atoms with van der Waals surface area (Å²) in [6.45, 7) is 3.31. The first-order valence-electron chi connectivity index (χ1n) is 6.75. The summed E-state index contributed by atoms with van der Waals surface area (Å²) in [5, 5.41) is 4.93. The van der Waals surface area contributed by atoms with E-state index in [-0.39, 0.29) is 0 Å². The number of H-pyrrole nitrogens is 1. The molecule has 2 aromatic rings. The minimum absolute atomic E-state index is 0.483. The fraction of sp³-hybridized carbons (Fsp3) is 0.467. The Labute approximate surface area is 108 Å². The third kappa shape index (κ3) is 1.79. The van der Waals surface area contributed by atoms with Crippen molar-refractivity contribution in [3.05, 3.63) is 29.5 Å². The zero-order chi connectivity index (χ0) is 12.5. The summed E-state index contributed by atoms with van der Waals surface area (Å²) < 4.78 is 5.33. The van der Waals surface area contributed by atoms with Crippen LogP contribution in [0.1, 0.15) is 37.1 Å². The van der Waals surface area contributed by atoms with E-state index in [1.54, 1.807) is 7.11 Å². The van der Waals surface area contributed by atoms with Gasteiger partial charge < -0.3 is 15.0 Å². The SMILES string of the molecule is CCC[C@@H]1NCCc2c1[nH]c1ccc(OC)cc21. The molecule has 0 amide bonds. The molecule has 3 rings (SSSR count). The molecule has 96 valence electrons. The molecule has 0 fully saturated rings. The lowest BCUT2D eigenvalue weighted by Gasteiger charge is -2.23. The van der Waals surface area contributed by atoms with E-state index in [0.29, 0.717) is 6.04 Å². The third-order valence-electron chi connectivity index (χ3n) is 3.84. The van der Waals surface area contributed by atoms with Gasteiger partial charge in [0.05, 0.1) is 7.11 Å². The van der Waals surface area contributed by atoms with Gasteiger partial charge in [-0.2, -0.15) is 0 Å². The van der Waals surface area contributed by atoms with Crippen molar-refractivity contribution in [2.24, 2.45) is 0 Å². The molecule has 1 aliphatic heterocycles. The number of rotatable bonds is 3. The fourth-order valence-electron chi connectivity index (χ4n) is 2.95. The van der Waals surface area contributed by atoms with Gasteiger partial charge in [-0.25, -0.2) is 0 Å². The topological polar surface area (TPSA) is 37.0 Å². The molecule has 18 heavy (non-hydrogen) atoms. The van der Waals surface area contributed by atoms with Crippen LogP contribution in [-0.2, 0) is 6.42 Å². The number of aromatic nitrogens is 1. The standard InChI is InChI=1S/C15H20N2O/c1-3-4-14-15-11(7-8-16-14)12-9-10(18-2)5-6-13(12)17-15/h5-6,9,14,16-17H,3-4,7-8H2,1-2H3/t14-/m0/s1. The lowest BCUT2D eigenvalue weighted by atomic mass is 9.96. The molecule has 2 N–H and O–H groups in total. The largest absolute Gasteiger partial charge is 0.497 e. The molecule has 3 nitrogen and oxygen atoms in total. The predicted octanol–water partition coefficient (Wildman–Crippen LogP) is 3.16. The third-order valence-corrected chi connectivity index (χ3v) is 3.84. The van der Waals surface area contributed by atoms with Gasteiger partial charge in [0.1, 0.15) is 5.75 Å². The highest BCUT2D eigenvalue weighted by molar-refractivity contribution is 5.86. The Morgan fingerprint density at radius 1 is 1.39 bits per heavy atom. The van der Waals surface area contributed by atoms with Crippen LogP contribution in [0.25, 0.3) is 10.9 Å². The number of hydrogen-bond donors (Lipinski definition) is 2. The van der Waals surface area contributed by atoms with E-state index < -0.39 is 0 Å². The van der Waals surface area contributed by atoms with E-state index in [9.17, 15) is 0 Å². The van der Waals surface area contributed by atoms with Gasteiger partial charge >= 0.3 is 0 Å². The van der Waals surface area contributed by atoms with E-state index in [4.69, 9.17) is 4.74 Å².